The Hall–Kier alpha value is -1.18. The second-order valence-electron chi connectivity index (χ2n) is 3.86. The molecule has 0 saturated heterocycles. The standard InChI is InChI=1S/C12H8Br2ClN3O2/c13-7-3-9(14)11(17-5-7)6-16-8-1-2-10(15)12(4-8)18(19)20/h1-5,16H,6H2. The van der Waals surface area contributed by atoms with Gasteiger partial charge in [-0.15, -0.1) is 0 Å². The fourth-order valence-corrected chi connectivity index (χ4v) is 2.84. The second-order valence-corrected chi connectivity index (χ2v) is 6.04. The lowest BCUT2D eigenvalue weighted by Gasteiger charge is -2.08. The Morgan fingerprint density at radius 3 is 2.75 bits per heavy atom. The molecule has 0 fully saturated rings. The summed E-state index contributed by atoms with van der Waals surface area (Å²) in [4.78, 5) is 14.5. The van der Waals surface area contributed by atoms with Gasteiger partial charge in [-0.1, -0.05) is 11.6 Å². The van der Waals surface area contributed by atoms with Crippen LogP contribution in [0.2, 0.25) is 5.02 Å². The number of pyridine rings is 1. The lowest BCUT2D eigenvalue weighted by atomic mass is 10.2. The molecule has 5 nitrogen and oxygen atoms in total. The molecule has 0 spiro atoms. The first-order valence-corrected chi connectivity index (χ1v) is 7.41. The number of nitrogens with one attached hydrogen (secondary N) is 1. The highest BCUT2D eigenvalue weighted by Gasteiger charge is 2.12. The van der Waals surface area contributed by atoms with Crippen LogP contribution in [0.25, 0.3) is 0 Å². The molecule has 8 heteroatoms. The molecule has 2 aromatic rings. The quantitative estimate of drug-likeness (QED) is 0.570. The Kier molecular flexibility index (Phi) is 4.95. The highest BCUT2D eigenvalue weighted by atomic mass is 79.9. The van der Waals surface area contributed by atoms with Gasteiger partial charge in [0, 0.05) is 26.9 Å². The Balaban J connectivity index is 2.15. The third-order valence-corrected chi connectivity index (χ3v) is 3.93. The normalized spacial score (nSPS) is 10.3. The molecular formula is C12H8Br2ClN3O2. The van der Waals surface area contributed by atoms with Gasteiger partial charge in [-0.05, 0) is 50.1 Å². The van der Waals surface area contributed by atoms with Gasteiger partial charge in [0.05, 0.1) is 17.2 Å². The van der Waals surface area contributed by atoms with E-state index in [1.807, 2.05) is 6.07 Å². The van der Waals surface area contributed by atoms with Gasteiger partial charge in [-0.25, -0.2) is 0 Å². The van der Waals surface area contributed by atoms with Gasteiger partial charge in [0.2, 0.25) is 0 Å². The molecule has 0 amide bonds. The predicted molar refractivity (Wildman–Crippen MR) is 85.1 cm³/mol. The van der Waals surface area contributed by atoms with Crippen LogP contribution in [0, 0.1) is 10.1 Å². The maximum atomic E-state index is 10.8. The molecule has 1 heterocycles. The molecule has 0 saturated carbocycles. The molecule has 1 N–H and O–H groups in total. The number of hydrogen-bond acceptors (Lipinski definition) is 4. The summed E-state index contributed by atoms with van der Waals surface area (Å²) in [6, 6.07) is 6.46. The van der Waals surface area contributed by atoms with Crippen molar-refractivity contribution in [3.05, 3.63) is 60.2 Å². The number of hydrogen-bond donors (Lipinski definition) is 1. The zero-order chi connectivity index (χ0) is 14.7. The summed E-state index contributed by atoms with van der Waals surface area (Å²) in [5.74, 6) is 0. The number of aromatic nitrogens is 1. The highest BCUT2D eigenvalue weighted by Crippen LogP contribution is 2.28. The molecule has 0 aliphatic heterocycles. The lowest BCUT2D eigenvalue weighted by molar-refractivity contribution is -0.384. The second kappa shape index (κ2) is 6.51. The van der Waals surface area contributed by atoms with Gasteiger partial charge in [0.25, 0.3) is 5.69 Å². The van der Waals surface area contributed by atoms with Gasteiger partial charge >= 0.3 is 0 Å². The molecular weight excluding hydrogens is 413 g/mol. The minimum Gasteiger partial charge on any atom is -0.379 e. The van der Waals surface area contributed by atoms with Gasteiger partial charge in [0.15, 0.2) is 0 Å². The molecule has 0 aliphatic carbocycles. The average Bonchev–Trinajstić information content (AvgIpc) is 2.39. The summed E-state index contributed by atoms with van der Waals surface area (Å²) in [5, 5.41) is 14.0. The predicted octanol–water partition coefficient (Wildman–Crippen LogP) is 4.78. The Morgan fingerprint density at radius 1 is 1.35 bits per heavy atom. The summed E-state index contributed by atoms with van der Waals surface area (Å²) >= 11 is 12.5. The third kappa shape index (κ3) is 3.68. The number of nitrogens with zero attached hydrogens (tertiary/aromatic N) is 2. The Labute approximate surface area is 136 Å². The highest BCUT2D eigenvalue weighted by molar-refractivity contribution is 9.11. The van der Waals surface area contributed by atoms with E-state index in [9.17, 15) is 10.1 Å². The van der Waals surface area contributed by atoms with Crippen LogP contribution in [0.1, 0.15) is 5.69 Å². The minimum atomic E-state index is -0.513. The summed E-state index contributed by atoms with van der Waals surface area (Å²) in [7, 11) is 0. The van der Waals surface area contributed by atoms with E-state index in [4.69, 9.17) is 11.6 Å². The molecule has 0 bridgehead atoms. The summed E-state index contributed by atoms with van der Waals surface area (Å²) in [5.41, 5.74) is 1.28. The van der Waals surface area contributed by atoms with Crippen molar-refractivity contribution in [1.82, 2.24) is 4.98 Å². The number of nitro groups is 1. The summed E-state index contributed by atoms with van der Waals surface area (Å²) in [6.07, 6.45) is 1.69. The molecule has 0 radical (unpaired) electrons. The zero-order valence-corrected chi connectivity index (χ0v) is 13.9. The monoisotopic (exact) mass is 419 g/mol. The van der Waals surface area contributed by atoms with Crippen molar-refractivity contribution in [2.24, 2.45) is 0 Å². The van der Waals surface area contributed by atoms with Crippen LogP contribution in [0.15, 0.2) is 39.4 Å². The number of halogens is 3. The first-order chi connectivity index (χ1) is 9.47. The van der Waals surface area contributed by atoms with Crippen molar-refractivity contribution in [3.8, 4) is 0 Å². The topological polar surface area (TPSA) is 68.1 Å². The van der Waals surface area contributed by atoms with E-state index in [1.165, 1.54) is 12.1 Å². The fraction of sp³-hybridized carbons (Fsp3) is 0.0833. The largest absolute Gasteiger partial charge is 0.379 e. The molecule has 0 atom stereocenters. The van der Waals surface area contributed by atoms with E-state index >= 15 is 0 Å². The fourth-order valence-electron chi connectivity index (χ4n) is 1.52. The van der Waals surface area contributed by atoms with Gasteiger partial charge < -0.3 is 5.32 Å². The zero-order valence-electron chi connectivity index (χ0n) is 9.94. The Morgan fingerprint density at radius 2 is 2.10 bits per heavy atom. The SMILES string of the molecule is O=[N+]([O-])c1cc(NCc2ncc(Br)cc2Br)ccc1Cl. The molecule has 0 aliphatic rings. The van der Waals surface area contributed by atoms with Gasteiger partial charge in [0.1, 0.15) is 5.02 Å². The van der Waals surface area contributed by atoms with Crippen molar-refractivity contribution in [3.63, 3.8) is 0 Å². The number of benzene rings is 1. The van der Waals surface area contributed by atoms with Crippen LogP contribution in [-0.4, -0.2) is 9.91 Å². The molecule has 1 aromatic heterocycles. The average molecular weight is 421 g/mol. The van der Waals surface area contributed by atoms with E-state index in [0.717, 1.165) is 14.6 Å². The van der Waals surface area contributed by atoms with E-state index in [0.29, 0.717) is 12.2 Å². The van der Waals surface area contributed by atoms with Crippen LogP contribution < -0.4 is 5.32 Å². The van der Waals surface area contributed by atoms with Crippen molar-refractivity contribution in [2.45, 2.75) is 6.54 Å². The Bertz CT molecular complexity index is 667. The molecule has 2 rings (SSSR count). The van der Waals surface area contributed by atoms with E-state index < -0.39 is 4.92 Å². The van der Waals surface area contributed by atoms with Crippen LogP contribution in [0.3, 0.4) is 0 Å². The van der Waals surface area contributed by atoms with Crippen LogP contribution in [0.4, 0.5) is 11.4 Å². The lowest BCUT2D eigenvalue weighted by Crippen LogP contribution is -2.03. The maximum Gasteiger partial charge on any atom is 0.289 e. The van der Waals surface area contributed by atoms with Crippen molar-refractivity contribution in [2.75, 3.05) is 5.32 Å². The van der Waals surface area contributed by atoms with Crippen molar-refractivity contribution in [1.29, 1.82) is 0 Å². The molecule has 0 unspecified atom stereocenters. The summed E-state index contributed by atoms with van der Waals surface area (Å²) < 4.78 is 1.72. The first kappa shape index (κ1) is 15.2. The van der Waals surface area contributed by atoms with Crippen molar-refractivity contribution >= 4 is 54.8 Å². The first-order valence-electron chi connectivity index (χ1n) is 5.45. The van der Waals surface area contributed by atoms with Gasteiger partial charge in [-0.2, -0.15) is 0 Å². The van der Waals surface area contributed by atoms with Crippen molar-refractivity contribution < 1.29 is 4.92 Å². The smallest absolute Gasteiger partial charge is 0.289 e. The van der Waals surface area contributed by atoms with Gasteiger partial charge in [-0.3, -0.25) is 15.1 Å². The summed E-state index contributed by atoms with van der Waals surface area (Å²) in [6.45, 7) is 0.437. The van der Waals surface area contributed by atoms with Crippen LogP contribution >= 0.6 is 43.5 Å². The molecule has 20 heavy (non-hydrogen) atoms. The molecule has 104 valence electrons. The minimum absolute atomic E-state index is 0.114. The number of rotatable bonds is 4. The van der Waals surface area contributed by atoms with E-state index in [-0.39, 0.29) is 10.7 Å². The molecule has 1 aromatic carbocycles. The van der Waals surface area contributed by atoms with E-state index in [1.54, 1.807) is 12.3 Å². The van der Waals surface area contributed by atoms with Crippen LogP contribution in [0.5, 0.6) is 0 Å². The maximum absolute atomic E-state index is 10.8. The van der Waals surface area contributed by atoms with E-state index in [2.05, 4.69) is 42.2 Å². The number of anilines is 1. The number of nitro benzene ring substituents is 1. The van der Waals surface area contributed by atoms with Crippen LogP contribution in [-0.2, 0) is 6.54 Å². The third-order valence-electron chi connectivity index (χ3n) is 2.49.